The maximum atomic E-state index is 12.7. The van der Waals surface area contributed by atoms with Gasteiger partial charge in [-0.1, -0.05) is 32.0 Å². The van der Waals surface area contributed by atoms with Crippen molar-refractivity contribution < 1.29 is 14.3 Å². The van der Waals surface area contributed by atoms with E-state index in [1.165, 1.54) is 17.1 Å². The number of nitrogens with one attached hydrogen (secondary N) is 3. The summed E-state index contributed by atoms with van der Waals surface area (Å²) in [6.07, 6.45) is 4.92. The van der Waals surface area contributed by atoms with Crippen molar-refractivity contribution in [3.05, 3.63) is 53.9 Å². The molecule has 28 heavy (non-hydrogen) atoms. The molecule has 0 saturated carbocycles. The smallest absolute Gasteiger partial charge is 0.251 e. The number of carbonyl (C=O) groups excluding carboxylic acids is 2. The largest absolute Gasteiger partial charge is 0.459 e. The van der Waals surface area contributed by atoms with Crippen LogP contribution >= 0.6 is 0 Å². The molecule has 1 aromatic rings. The Morgan fingerprint density at radius 1 is 1.36 bits per heavy atom. The molecule has 0 bridgehead atoms. The van der Waals surface area contributed by atoms with Crippen molar-refractivity contribution in [1.82, 2.24) is 15.5 Å². The molecule has 0 unspecified atom stereocenters. The molecular formula is C21H28N4O3. The lowest BCUT2D eigenvalue weighted by Crippen LogP contribution is -2.49. The number of benzene rings is 1. The van der Waals surface area contributed by atoms with Crippen molar-refractivity contribution in [2.75, 3.05) is 13.6 Å². The van der Waals surface area contributed by atoms with Crippen LogP contribution in [-0.4, -0.2) is 42.2 Å². The molecule has 1 aliphatic rings. The van der Waals surface area contributed by atoms with Crippen molar-refractivity contribution in [2.24, 2.45) is 5.92 Å². The van der Waals surface area contributed by atoms with Crippen molar-refractivity contribution in [2.45, 2.75) is 33.2 Å². The number of amidine groups is 1. The molecule has 7 heteroatoms. The molecule has 2 rings (SSSR count). The van der Waals surface area contributed by atoms with Gasteiger partial charge in [0.2, 0.25) is 5.91 Å². The van der Waals surface area contributed by atoms with Crippen molar-refractivity contribution in [3.8, 4) is 5.75 Å². The van der Waals surface area contributed by atoms with Crippen molar-refractivity contribution in [3.63, 3.8) is 0 Å². The van der Waals surface area contributed by atoms with E-state index in [9.17, 15) is 9.59 Å². The summed E-state index contributed by atoms with van der Waals surface area (Å²) in [6.45, 7) is 6.14. The molecule has 7 nitrogen and oxygen atoms in total. The fraction of sp³-hybridized carbons (Fsp3) is 0.381. The number of para-hydroxylation sites is 1. The Hall–Kier alpha value is -3.09. The third-order valence-electron chi connectivity index (χ3n) is 4.28. The van der Waals surface area contributed by atoms with E-state index < -0.39 is 6.04 Å². The number of nitrogens with zero attached hydrogens (tertiary/aromatic N) is 1. The standard InChI is InChI=1S/C21H28N4O3/c1-14(2)11-17(21(27)24-19(22)9-10-23-4)25-13-16(12-20(25)26)28-18-8-6-5-7-15(18)3/h5-10,12,14,17,23H,11,13H2,1-4H3,(H2,22,24,27)/b10-9-/t17-/m0/s1. The lowest BCUT2D eigenvalue weighted by Gasteiger charge is -2.28. The van der Waals surface area contributed by atoms with Gasteiger partial charge in [0.1, 0.15) is 23.4 Å². The summed E-state index contributed by atoms with van der Waals surface area (Å²) in [5, 5.41) is 13.1. The molecule has 1 atom stereocenters. The third kappa shape index (κ3) is 5.70. The van der Waals surface area contributed by atoms with Crippen molar-refractivity contribution in [1.29, 1.82) is 5.41 Å². The molecule has 0 spiro atoms. The van der Waals surface area contributed by atoms with Gasteiger partial charge < -0.3 is 20.3 Å². The summed E-state index contributed by atoms with van der Waals surface area (Å²) in [4.78, 5) is 26.8. The van der Waals surface area contributed by atoms with Crippen LogP contribution in [0.5, 0.6) is 5.75 Å². The lowest BCUT2D eigenvalue weighted by atomic mass is 10.0. The van der Waals surface area contributed by atoms with Crippen LogP contribution in [0.1, 0.15) is 25.8 Å². The summed E-state index contributed by atoms with van der Waals surface area (Å²) in [7, 11) is 1.71. The second-order valence-corrected chi connectivity index (χ2v) is 7.11. The maximum Gasteiger partial charge on any atom is 0.251 e. The van der Waals surface area contributed by atoms with Gasteiger partial charge in [0.25, 0.3) is 5.91 Å². The van der Waals surface area contributed by atoms with Crippen LogP contribution in [0.25, 0.3) is 0 Å². The lowest BCUT2D eigenvalue weighted by molar-refractivity contribution is -0.135. The quantitative estimate of drug-likeness (QED) is 0.474. The summed E-state index contributed by atoms with van der Waals surface area (Å²) < 4.78 is 5.88. The number of amides is 2. The van der Waals surface area contributed by atoms with E-state index >= 15 is 0 Å². The van der Waals surface area contributed by atoms with E-state index in [1.807, 2.05) is 45.0 Å². The monoisotopic (exact) mass is 384 g/mol. The molecule has 0 aromatic heterocycles. The predicted octanol–water partition coefficient (Wildman–Crippen LogP) is 2.34. The van der Waals surface area contributed by atoms with Crippen LogP contribution in [0.2, 0.25) is 0 Å². The summed E-state index contributed by atoms with van der Waals surface area (Å²) in [6, 6.07) is 6.89. The Bertz CT molecular complexity index is 799. The minimum Gasteiger partial charge on any atom is -0.459 e. The molecule has 1 heterocycles. The Morgan fingerprint density at radius 3 is 2.71 bits per heavy atom. The zero-order valence-corrected chi connectivity index (χ0v) is 16.8. The normalized spacial score (nSPS) is 15.0. The highest BCUT2D eigenvalue weighted by atomic mass is 16.5. The first-order valence-corrected chi connectivity index (χ1v) is 9.29. The summed E-state index contributed by atoms with van der Waals surface area (Å²) in [5.74, 6) is 0.717. The number of ether oxygens (including phenoxy) is 1. The highest BCUT2D eigenvalue weighted by Gasteiger charge is 2.34. The highest BCUT2D eigenvalue weighted by Crippen LogP contribution is 2.24. The van der Waals surface area contributed by atoms with Crippen LogP contribution in [-0.2, 0) is 9.59 Å². The molecule has 0 radical (unpaired) electrons. The van der Waals surface area contributed by atoms with Gasteiger partial charge in [-0.15, -0.1) is 0 Å². The van der Waals surface area contributed by atoms with Gasteiger partial charge in [-0.25, -0.2) is 0 Å². The van der Waals surface area contributed by atoms with Crippen LogP contribution in [0.15, 0.2) is 48.4 Å². The molecule has 0 aliphatic carbocycles. The Labute approximate surface area is 166 Å². The Morgan fingerprint density at radius 2 is 2.07 bits per heavy atom. The van der Waals surface area contributed by atoms with Crippen molar-refractivity contribution >= 4 is 17.6 Å². The molecule has 1 aliphatic heterocycles. The van der Waals surface area contributed by atoms with Crippen LogP contribution in [0, 0.1) is 18.3 Å². The second-order valence-electron chi connectivity index (χ2n) is 7.11. The Balaban J connectivity index is 2.11. The maximum absolute atomic E-state index is 12.7. The molecule has 1 aromatic carbocycles. The zero-order valence-electron chi connectivity index (χ0n) is 16.8. The van der Waals surface area contributed by atoms with Gasteiger partial charge in [0.15, 0.2) is 0 Å². The average Bonchev–Trinajstić information content (AvgIpc) is 2.99. The van der Waals surface area contributed by atoms with E-state index in [1.54, 1.807) is 13.2 Å². The van der Waals surface area contributed by atoms with Gasteiger partial charge in [0.05, 0.1) is 6.54 Å². The number of rotatable bonds is 8. The zero-order chi connectivity index (χ0) is 20.7. The summed E-state index contributed by atoms with van der Waals surface area (Å²) >= 11 is 0. The SMILES string of the molecule is CN/C=C\C(=N)NC(=O)[C@H](CC(C)C)N1CC(Oc2ccccc2C)=CC1=O. The summed E-state index contributed by atoms with van der Waals surface area (Å²) in [5.41, 5.74) is 0.968. The van der Waals surface area contributed by atoms with Crippen LogP contribution in [0.3, 0.4) is 0 Å². The molecule has 0 fully saturated rings. The number of carbonyl (C=O) groups is 2. The fourth-order valence-electron chi connectivity index (χ4n) is 2.90. The van der Waals surface area contributed by atoms with Gasteiger partial charge in [-0.05, 0) is 43.2 Å². The van der Waals surface area contributed by atoms with Crippen LogP contribution in [0.4, 0.5) is 0 Å². The molecule has 2 amide bonds. The molecule has 3 N–H and O–H groups in total. The van der Waals surface area contributed by atoms with E-state index in [2.05, 4.69) is 10.6 Å². The topological polar surface area (TPSA) is 94.5 Å². The fourth-order valence-corrected chi connectivity index (χ4v) is 2.90. The molecule has 0 saturated heterocycles. The van der Waals surface area contributed by atoms with Crippen LogP contribution < -0.4 is 15.4 Å². The number of hydrogen-bond donors (Lipinski definition) is 3. The predicted molar refractivity (Wildman–Crippen MR) is 109 cm³/mol. The third-order valence-corrected chi connectivity index (χ3v) is 4.28. The number of hydrogen-bond acceptors (Lipinski definition) is 5. The van der Waals surface area contributed by atoms with Gasteiger partial charge >= 0.3 is 0 Å². The minimum atomic E-state index is -0.676. The van der Waals surface area contributed by atoms with Gasteiger partial charge in [-0.3, -0.25) is 15.0 Å². The van der Waals surface area contributed by atoms with Gasteiger partial charge in [0, 0.05) is 13.1 Å². The van der Waals surface area contributed by atoms with E-state index in [0.29, 0.717) is 17.9 Å². The second kappa shape index (κ2) is 9.73. The first-order chi connectivity index (χ1) is 13.3. The van der Waals surface area contributed by atoms with Gasteiger partial charge in [-0.2, -0.15) is 0 Å². The molecule has 150 valence electrons. The number of aryl methyl sites for hydroxylation is 1. The van der Waals surface area contributed by atoms with E-state index in [0.717, 1.165) is 5.56 Å². The van der Waals surface area contributed by atoms with E-state index in [-0.39, 0.29) is 30.1 Å². The average molecular weight is 384 g/mol. The first kappa shape index (κ1) is 21.2. The molecular weight excluding hydrogens is 356 g/mol. The minimum absolute atomic E-state index is 0.0379. The Kier molecular flexibility index (Phi) is 7.37. The first-order valence-electron chi connectivity index (χ1n) is 9.29. The van der Waals surface area contributed by atoms with E-state index in [4.69, 9.17) is 10.1 Å². The highest BCUT2D eigenvalue weighted by molar-refractivity contribution is 6.05.